The molecule has 20 heavy (non-hydrogen) atoms. The first-order chi connectivity index (χ1) is 9.86. The van der Waals surface area contributed by atoms with E-state index in [-0.39, 0.29) is 0 Å². The summed E-state index contributed by atoms with van der Waals surface area (Å²) >= 11 is 0. The maximum atomic E-state index is 6.07. The molecule has 0 spiro atoms. The van der Waals surface area contributed by atoms with E-state index < -0.39 is 0 Å². The summed E-state index contributed by atoms with van der Waals surface area (Å²) in [5.41, 5.74) is 1.28. The zero-order chi connectivity index (χ0) is 13.5. The Morgan fingerprint density at radius 2 is 1.40 bits per heavy atom. The summed E-state index contributed by atoms with van der Waals surface area (Å²) < 4.78 is 12.1. The lowest BCUT2D eigenvalue weighted by Crippen LogP contribution is -2.00. The minimum atomic E-state index is 0.773. The summed E-state index contributed by atoms with van der Waals surface area (Å²) in [6.07, 6.45) is 0.971. The highest BCUT2D eigenvalue weighted by Gasteiger charge is 2.21. The van der Waals surface area contributed by atoms with Crippen molar-refractivity contribution in [3.8, 4) is 23.0 Å². The van der Waals surface area contributed by atoms with Crippen LogP contribution in [0.25, 0.3) is 10.8 Å². The first-order valence-corrected chi connectivity index (χ1v) is 6.86. The predicted octanol–water partition coefficient (Wildman–Crippen LogP) is 5.30. The van der Waals surface area contributed by atoms with Gasteiger partial charge in [0, 0.05) is 5.39 Å². The van der Waals surface area contributed by atoms with E-state index in [2.05, 4.69) is 31.2 Å². The van der Waals surface area contributed by atoms with Gasteiger partial charge in [-0.15, -0.1) is 0 Å². The minimum Gasteiger partial charge on any atom is -0.449 e. The fourth-order valence-electron chi connectivity index (χ4n) is 2.72. The van der Waals surface area contributed by atoms with E-state index in [0.717, 1.165) is 34.8 Å². The SMILES string of the molecule is CCc1cc2c(c3ccccc13)Oc1ccccc1O2. The quantitative estimate of drug-likeness (QED) is 0.463. The van der Waals surface area contributed by atoms with Gasteiger partial charge >= 0.3 is 0 Å². The van der Waals surface area contributed by atoms with Crippen LogP contribution in [0, 0.1) is 0 Å². The summed E-state index contributed by atoms with van der Waals surface area (Å²) in [5, 5.41) is 2.34. The second kappa shape index (κ2) is 4.27. The molecule has 0 fully saturated rings. The normalized spacial score (nSPS) is 12.2. The fraction of sp³-hybridized carbons (Fsp3) is 0.111. The molecule has 0 unspecified atom stereocenters. The number of fused-ring (bicyclic) bond motifs is 4. The summed E-state index contributed by atoms with van der Waals surface area (Å²) in [6, 6.07) is 18.2. The Bertz CT molecular complexity index is 806. The van der Waals surface area contributed by atoms with Crippen LogP contribution < -0.4 is 9.47 Å². The molecule has 0 amide bonds. The third-order valence-electron chi connectivity index (χ3n) is 3.71. The zero-order valence-corrected chi connectivity index (χ0v) is 11.2. The Hall–Kier alpha value is -2.48. The summed E-state index contributed by atoms with van der Waals surface area (Å²) in [4.78, 5) is 0. The van der Waals surface area contributed by atoms with Gasteiger partial charge in [-0.25, -0.2) is 0 Å². The van der Waals surface area contributed by atoms with Gasteiger partial charge in [-0.1, -0.05) is 43.3 Å². The van der Waals surface area contributed by atoms with Gasteiger partial charge in [0.1, 0.15) is 0 Å². The predicted molar refractivity (Wildman–Crippen MR) is 79.9 cm³/mol. The van der Waals surface area contributed by atoms with Gasteiger partial charge in [-0.05, 0) is 35.6 Å². The molecular formula is C18H14O2. The molecule has 1 heterocycles. The van der Waals surface area contributed by atoms with Crippen LogP contribution in [0.2, 0.25) is 0 Å². The van der Waals surface area contributed by atoms with Crippen LogP contribution >= 0.6 is 0 Å². The van der Waals surface area contributed by atoms with E-state index in [1.807, 2.05) is 30.3 Å². The van der Waals surface area contributed by atoms with Crippen LogP contribution in [0.1, 0.15) is 12.5 Å². The molecule has 3 aromatic rings. The summed E-state index contributed by atoms with van der Waals surface area (Å²) in [7, 11) is 0. The molecule has 2 nitrogen and oxygen atoms in total. The van der Waals surface area contributed by atoms with E-state index in [4.69, 9.17) is 9.47 Å². The molecule has 0 aromatic heterocycles. The Morgan fingerprint density at radius 3 is 2.15 bits per heavy atom. The van der Waals surface area contributed by atoms with Gasteiger partial charge in [0.25, 0.3) is 0 Å². The molecule has 0 saturated heterocycles. The third kappa shape index (κ3) is 1.58. The van der Waals surface area contributed by atoms with E-state index in [1.165, 1.54) is 10.9 Å². The molecule has 0 bridgehead atoms. The van der Waals surface area contributed by atoms with Crippen molar-refractivity contribution < 1.29 is 9.47 Å². The molecule has 0 atom stereocenters. The molecule has 0 aliphatic carbocycles. The van der Waals surface area contributed by atoms with Crippen molar-refractivity contribution in [2.24, 2.45) is 0 Å². The number of aryl methyl sites for hydroxylation is 1. The monoisotopic (exact) mass is 262 g/mol. The van der Waals surface area contributed by atoms with E-state index in [0.29, 0.717) is 0 Å². The lowest BCUT2D eigenvalue weighted by molar-refractivity contribution is 0.363. The van der Waals surface area contributed by atoms with Gasteiger partial charge in [0.05, 0.1) is 0 Å². The number of ether oxygens (including phenoxy) is 2. The van der Waals surface area contributed by atoms with Crippen molar-refractivity contribution >= 4 is 10.8 Å². The average Bonchev–Trinajstić information content (AvgIpc) is 2.52. The van der Waals surface area contributed by atoms with Crippen molar-refractivity contribution in [1.82, 2.24) is 0 Å². The largest absolute Gasteiger partial charge is 0.449 e. The van der Waals surface area contributed by atoms with Crippen LogP contribution in [-0.4, -0.2) is 0 Å². The first-order valence-electron chi connectivity index (χ1n) is 6.86. The van der Waals surface area contributed by atoms with Crippen LogP contribution in [0.5, 0.6) is 23.0 Å². The number of hydrogen-bond acceptors (Lipinski definition) is 2. The molecule has 3 aromatic carbocycles. The van der Waals surface area contributed by atoms with Gasteiger partial charge < -0.3 is 9.47 Å². The number of hydrogen-bond donors (Lipinski definition) is 0. The van der Waals surface area contributed by atoms with Gasteiger partial charge in [-0.3, -0.25) is 0 Å². The van der Waals surface area contributed by atoms with E-state index in [1.54, 1.807) is 0 Å². The third-order valence-corrected chi connectivity index (χ3v) is 3.71. The molecule has 4 rings (SSSR count). The summed E-state index contributed by atoms with van der Waals surface area (Å²) in [6.45, 7) is 2.16. The van der Waals surface area contributed by atoms with E-state index in [9.17, 15) is 0 Å². The lowest BCUT2D eigenvalue weighted by Gasteiger charge is -2.23. The zero-order valence-electron chi connectivity index (χ0n) is 11.2. The second-order valence-electron chi connectivity index (χ2n) is 4.91. The van der Waals surface area contributed by atoms with Crippen molar-refractivity contribution in [2.45, 2.75) is 13.3 Å². The Labute approximate surface area is 117 Å². The average molecular weight is 262 g/mol. The molecule has 98 valence electrons. The highest BCUT2D eigenvalue weighted by atomic mass is 16.6. The lowest BCUT2D eigenvalue weighted by atomic mass is 10.0. The standard InChI is InChI=1S/C18H14O2/c1-2-12-11-17-18(14-8-4-3-7-13(12)14)20-16-10-6-5-9-15(16)19-17/h3-11H,2H2,1H3. The maximum absolute atomic E-state index is 6.07. The Morgan fingerprint density at radius 1 is 0.750 bits per heavy atom. The van der Waals surface area contributed by atoms with Gasteiger partial charge in [0.15, 0.2) is 23.0 Å². The Kier molecular flexibility index (Phi) is 2.43. The molecule has 0 radical (unpaired) electrons. The fourth-order valence-corrected chi connectivity index (χ4v) is 2.72. The van der Waals surface area contributed by atoms with Crippen molar-refractivity contribution in [1.29, 1.82) is 0 Å². The number of benzene rings is 3. The molecule has 2 heteroatoms. The van der Waals surface area contributed by atoms with Crippen molar-refractivity contribution in [3.63, 3.8) is 0 Å². The number of para-hydroxylation sites is 2. The first kappa shape index (κ1) is 11.4. The van der Waals surface area contributed by atoms with Gasteiger partial charge in [0.2, 0.25) is 0 Å². The Balaban J connectivity index is 2.00. The highest BCUT2D eigenvalue weighted by Crippen LogP contribution is 2.49. The molecule has 1 aliphatic heterocycles. The highest BCUT2D eigenvalue weighted by molar-refractivity contribution is 5.94. The van der Waals surface area contributed by atoms with Crippen molar-refractivity contribution in [3.05, 3.63) is 60.2 Å². The van der Waals surface area contributed by atoms with Crippen LogP contribution in [-0.2, 0) is 6.42 Å². The molecule has 0 N–H and O–H groups in total. The molecule has 1 aliphatic rings. The van der Waals surface area contributed by atoms with Crippen molar-refractivity contribution in [2.75, 3.05) is 0 Å². The smallest absolute Gasteiger partial charge is 0.177 e. The maximum Gasteiger partial charge on any atom is 0.177 e. The number of rotatable bonds is 1. The molecule has 0 saturated carbocycles. The van der Waals surface area contributed by atoms with Crippen LogP contribution in [0.3, 0.4) is 0 Å². The summed E-state index contributed by atoms with van der Waals surface area (Å²) in [5.74, 6) is 3.17. The topological polar surface area (TPSA) is 18.5 Å². The minimum absolute atomic E-state index is 0.773. The van der Waals surface area contributed by atoms with Crippen LogP contribution in [0.15, 0.2) is 54.6 Å². The van der Waals surface area contributed by atoms with E-state index >= 15 is 0 Å². The molecular weight excluding hydrogens is 248 g/mol. The van der Waals surface area contributed by atoms with Crippen LogP contribution in [0.4, 0.5) is 0 Å². The van der Waals surface area contributed by atoms with Gasteiger partial charge in [-0.2, -0.15) is 0 Å². The second-order valence-corrected chi connectivity index (χ2v) is 4.91.